The van der Waals surface area contributed by atoms with Crippen molar-refractivity contribution in [2.24, 2.45) is 11.8 Å². The summed E-state index contributed by atoms with van der Waals surface area (Å²) in [5.74, 6) is -2.54. The topological polar surface area (TPSA) is 75.6 Å². The molecule has 106 valence electrons. The summed E-state index contributed by atoms with van der Waals surface area (Å²) in [7, 11) is 0. The van der Waals surface area contributed by atoms with Crippen molar-refractivity contribution < 1.29 is 23.8 Å². The van der Waals surface area contributed by atoms with E-state index < -0.39 is 23.6 Å². The van der Waals surface area contributed by atoms with Gasteiger partial charge in [-0.1, -0.05) is 12.1 Å². The highest BCUT2D eigenvalue weighted by Crippen LogP contribution is 2.40. The molecule has 3 atom stereocenters. The number of benzene rings is 1. The van der Waals surface area contributed by atoms with Crippen LogP contribution >= 0.6 is 0 Å². The maximum absolute atomic E-state index is 13.6. The molecule has 1 heterocycles. The first kappa shape index (κ1) is 12.9. The maximum atomic E-state index is 13.6. The van der Waals surface area contributed by atoms with Crippen LogP contribution in [0.1, 0.15) is 24.4 Å². The number of ether oxygens (including phenoxy) is 1. The number of carboxylic acid groups (broad SMARTS) is 1. The molecule has 20 heavy (non-hydrogen) atoms. The first-order valence-electron chi connectivity index (χ1n) is 6.52. The van der Waals surface area contributed by atoms with E-state index in [-0.39, 0.29) is 17.7 Å². The van der Waals surface area contributed by atoms with Gasteiger partial charge >= 0.3 is 5.97 Å². The zero-order valence-corrected chi connectivity index (χ0v) is 10.6. The van der Waals surface area contributed by atoms with Crippen LogP contribution in [0.3, 0.4) is 0 Å². The molecule has 0 spiro atoms. The van der Waals surface area contributed by atoms with E-state index in [1.165, 1.54) is 6.07 Å². The number of hydrogen-bond donors (Lipinski definition) is 2. The molecule has 1 aliphatic heterocycles. The number of fused-ring (bicyclic) bond motifs is 1. The Morgan fingerprint density at radius 1 is 1.35 bits per heavy atom. The predicted molar refractivity (Wildman–Crippen MR) is 66.6 cm³/mol. The van der Waals surface area contributed by atoms with Crippen molar-refractivity contribution in [1.29, 1.82) is 0 Å². The Balaban J connectivity index is 1.73. The number of amides is 1. The van der Waals surface area contributed by atoms with E-state index in [1.807, 2.05) is 0 Å². The van der Waals surface area contributed by atoms with Crippen LogP contribution in [0.5, 0.6) is 5.75 Å². The highest BCUT2D eigenvalue weighted by atomic mass is 19.1. The Morgan fingerprint density at radius 3 is 2.85 bits per heavy atom. The molecule has 1 saturated carbocycles. The highest BCUT2D eigenvalue weighted by molar-refractivity contribution is 5.89. The normalized spacial score (nSPS) is 27.1. The standard InChI is InChI=1S/C14H14FNO4/c15-10-3-1-2-7-11(4-5-20-12(7)10)16-13(17)8-6-9(8)14(18)19/h1-3,8-9,11H,4-6H2,(H,16,17)(H,18,19)/t8?,9?,11-/m1/s1. The van der Waals surface area contributed by atoms with Gasteiger partial charge < -0.3 is 15.2 Å². The van der Waals surface area contributed by atoms with Crippen LogP contribution in [0, 0.1) is 17.7 Å². The summed E-state index contributed by atoms with van der Waals surface area (Å²) in [5.41, 5.74) is 0.608. The van der Waals surface area contributed by atoms with Gasteiger partial charge in [0.1, 0.15) is 0 Å². The van der Waals surface area contributed by atoms with E-state index in [2.05, 4.69) is 5.32 Å². The minimum absolute atomic E-state index is 0.176. The van der Waals surface area contributed by atoms with Crippen LogP contribution in [0.15, 0.2) is 18.2 Å². The smallest absolute Gasteiger partial charge is 0.307 e. The molecular formula is C14H14FNO4. The van der Waals surface area contributed by atoms with Crippen LogP contribution in [0.2, 0.25) is 0 Å². The van der Waals surface area contributed by atoms with Crippen molar-refractivity contribution in [3.05, 3.63) is 29.6 Å². The third kappa shape index (κ3) is 2.21. The van der Waals surface area contributed by atoms with Crippen LogP contribution in [0.4, 0.5) is 4.39 Å². The molecule has 2 aliphatic rings. The predicted octanol–water partition coefficient (Wildman–Crippen LogP) is 1.49. The molecule has 0 bridgehead atoms. The van der Waals surface area contributed by atoms with Gasteiger partial charge in [-0.25, -0.2) is 4.39 Å². The van der Waals surface area contributed by atoms with Crippen LogP contribution in [0.25, 0.3) is 0 Å². The minimum atomic E-state index is -0.941. The number of rotatable bonds is 3. The minimum Gasteiger partial charge on any atom is -0.490 e. The van der Waals surface area contributed by atoms with Crippen molar-refractivity contribution in [3.8, 4) is 5.75 Å². The van der Waals surface area contributed by atoms with Gasteiger partial charge in [-0.3, -0.25) is 9.59 Å². The van der Waals surface area contributed by atoms with Crippen LogP contribution < -0.4 is 10.1 Å². The van der Waals surface area contributed by atoms with Gasteiger partial charge in [0.2, 0.25) is 5.91 Å². The molecule has 1 aromatic rings. The van der Waals surface area contributed by atoms with E-state index in [0.717, 1.165) is 0 Å². The van der Waals surface area contributed by atoms with Crippen molar-refractivity contribution in [3.63, 3.8) is 0 Å². The molecule has 1 aromatic carbocycles. The van der Waals surface area contributed by atoms with Gasteiger partial charge in [0.25, 0.3) is 0 Å². The maximum Gasteiger partial charge on any atom is 0.307 e. The highest BCUT2D eigenvalue weighted by Gasteiger charge is 2.48. The Morgan fingerprint density at radius 2 is 2.15 bits per heavy atom. The zero-order valence-electron chi connectivity index (χ0n) is 10.6. The molecule has 2 N–H and O–H groups in total. The summed E-state index contributed by atoms with van der Waals surface area (Å²) in [5, 5.41) is 11.6. The van der Waals surface area contributed by atoms with Crippen molar-refractivity contribution in [2.75, 3.05) is 6.61 Å². The molecule has 0 radical (unpaired) electrons. The fourth-order valence-corrected chi connectivity index (χ4v) is 2.57. The number of para-hydroxylation sites is 1. The summed E-state index contributed by atoms with van der Waals surface area (Å²) in [6.07, 6.45) is 0.924. The lowest BCUT2D eigenvalue weighted by Gasteiger charge is -2.27. The van der Waals surface area contributed by atoms with Crippen LogP contribution in [-0.4, -0.2) is 23.6 Å². The second-order valence-electron chi connectivity index (χ2n) is 5.14. The molecule has 0 aromatic heterocycles. The fraction of sp³-hybridized carbons (Fsp3) is 0.429. The van der Waals surface area contributed by atoms with E-state index in [9.17, 15) is 14.0 Å². The fourth-order valence-electron chi connectivity index (χ4n) is 2.57. The van der Waals surface area contributed by atoms with Crippen molar-refractivity contribution in [1.82, 2.24) is 5.32 Å². The lowest BCUT2D eigenvalue weighted by atomic mass is 10.00. The van der Waals surface area contributed by atoms with Crippen molar-refractivity contribution in [2.45, 2.75) is 18.9 Å². The summed E-state index contributed by atoms with van der Waals surface area (Å²) in [4.78, 5) is 22.7. The second kappa shape index (κ2) is 4.77. The number of carboxylic acids is 1. The molecule has 1 amide bonds. The molecular weight excluding hydrogens is 265 g/mol. The first-order valence-corrected chi connectivity index (χ1v) is 6.52. The molecule has 5 nitrogen and oxygen atoms in total. The lowest BCUT2D eigenvalue weighted by molar-refractivity contribution is -0.140. The summed E-state index contributed by atoms with van der Waals surface area (Å²) in [6, 6.07) is 4.27. The summed E-state index contributed by atoms with van der Waals surface area (Å²) in [6.45, 7) is 0.325. The molecule has 0 saturated heterocycles. The third-order valence-corrected chi connectivity index (χ3v) is 3.79. The van der Waals surface area contributed by atoms with E-state index in [0.29, 0.717) is 25.0 Å². The van der Waals surface area contributed by atoms with Crippen LogP contribution in [-0.2, 0) is 9.59 Å². The van der Waals surface area contributed by atoms with Gasteiger partial charge in [-0.2, -0.15) is 0 Å². The Hall–Kier alpha value is -2.11. The SMILES string of the molecule is O=C(O)C1CC1C(=O)N[C@@H]1CCOc2c(F)cccc21. The average Bonchev–Trinajstić information content (AvgIpc) is 3.20. The molecule has 3 rings (SSSR count). The van der Waals surface area contributed by atoms with E-state index >= 15 is 0 Å². The Kier molecular flexibility index (Phi) is 3.08. The Bertz CT molecular complexity index is 574. The van der Waals surface area contributed by atoms with E-state index in [4.69, 9.17) is 9.84 Å². The quantitative estimate of drug-likeness (QED) is 0.879. The molecule has 1 aliphatic carbocycles. The van der Waals surface area contributed by atoms with E-state index in [1.54, 1.807) is 12.1 Å². The van der Waals surface area contributed by atoms with Gasteiger partial charge in [0.05, 0.1) is 24.5 Å². The van der Waals surface area contributed by atoms with Gasteiger partial charge in [-0.15, -0.1) is 0 Å². The monoisotopic (exact) mass is 279 g/mol. The number of carbonyl (C=O) groups excluding carboxylic acids is 1. The molecule has 6 heteroatoms. The summed E-state index contributed by atoms with van der Waals surface area (Å²) < 4.78 is 18.9. The number of halogens is 1. The zero-order chi connectivity index (χ0) is 14.3. The number of hydrogen-bond acceptors (Lipinski definition) is 3. The molecule has 2 unspecified atom stereocenters. The van der Waals surface area contributed by atoms with Crippen molar-refractivity contribution >= 4 is 11.9 Å². The summed E-state index contributed by atoms with van der Waals surface area (Å²) >= 11 is 0. The third-order valence-electron chi connectivity index (χ3n) is 3.79. The largest absolute Gasteiger partial charge is 0.490 e. The first-order chi connectivity index (χ1) is 9.58. The Labute approximate surface area is 114 Å². The molecule has 1 fully saturated rings. The van der Waals surface area contributed by atoms with Gasteiger partial charge in [0, 0.05) is 12.0 Å². The average molecular weight is 279 g/mol. The lowest BCUT2D eigenvalue weighted by Crippen LogP contribution is -2.34. The number of aliphatic carboxylic acids is 1. The van der Waals surface area contributed by atoms with Gasteiger partial charge in [-0.05, 0) is 12.5 Å². The number of nitrogens with one attached hydrogen (secondary N) is 1. The number of carbonyl (C=O) groups is 2. The second-order valence-corrected chi connectivity index (χ2v) is 5.14. The van der Waals surface area contributed by atoms with Gasteiger partial charge in [0.15, 0.2) is 11.6 Å².